The minimum atomic E-state index is -0.330. The lowest BCUT2D eigenvalue weighted by Gasteiger charge is -2.07. The van der Waals surface area contributed by atoms with E-state index in [1.807, 2.05) is 31.2 Å². The van der Waals surface area contributed by atoms with Gasteiger partial charge in [0.2, 0.25) is 0 Å². The maximum atomic E-state index is 11.9. The van der Waals surface area contributed by atoms with E-state index in [0.717, 1.165) is 44.3 Å². The molecular formula is C27H34N2O5. The van der Waals surface area contributed by atoms with E-state index in [2.05, 4.69) is 16.8 Å². The van der Waals surface area contributed by atoms with Crippen LogP contribution in [0.4, 0.5) is 11.4 Å². The van der Waals surface area contributed by atoms with Crippen LogP contribution in [0.3, 0.4) is 0 Å². The number of unbranched alkanes of at least 4 members (excludes halogenated alkanes) is 4. The van der Waals surface area contributed by atoms with Crippen LogP contribution in [0.5, 0.6) is 5.75 Å². The number of carbonyl (C=O) groups excluding carboxylic acids is 2. The fourth-order valence-electron chi connectivity index (χ4n) is 2.82. The van der Waals surface area contributed by atoms with Crippen LogP contribution in [-0.4, -0.2) is 31.8 Å². The molecule has 0 atom stereocenters. The molecule has 2 aromatic carbocycles. The number of benzene rings is 2. The van der Waals surface area contributed by atoms with Gasteiger partial charge in [0.1, 0.15) is 5.75 Å². The van der Waals surface area contributed by atoms with E-state index in [1.165, 1.54) is 0 Å². The smallest absolute Gasteiger partial charge is 0.338 e. The van der Waals surface area contributed by atoms with Crippen LogP contribution in [0.1, 0.15) is 62.7 Å². The van der Waals surface area contributed by atoms with Gasteiger partial charge in [-0.15, -0.1) is 0 Å². The fraction of sp³-hybridized carbons (Fsp3) is 0.407. The first-order chi connectivity index (χ1) is 16.5. The van der Waals surface area contributed by atoms with Crippen LogP contribution in [-0.2, 0) is 14.3 Å². The van der Waals surface area contributed by atoms with Crippen molar-refractivity contribution in [3.05, 3.63) is 66.2 Å². The number of rotatable bonds is 15. The van der Waals surface area contributed by atoms with Gasteiger partial charge in [-0.05, 0) is 87.6 Å². The first-order valence-corrected chi connectivity index (χ1v) is 11.7. The van der Waals surface area contributed by atoms with Gasteiger partial charge >= 0.3 is 11.9 Å². The molecule has 0 heterocycles. The van der Waals surface area contributed by atoms with Gasteiger partial charge in [-0.3, -0.25) is 0 Å². The van der Waals surface area contributed by atoms with Crippen LogP contribution in [0, 0.1) is 0 Å². The molecule has 0 saturated carbocycles. The highest BCUT2D eigenvalue weighted by molar-refractivity contribution is 5.89. The summed E-state index contributed by atoms with van der Waals surface area (Å²) in [5.41, 5.74) is 2.29. The van der Waals surface area contributed by atoms with Gasteiger partial charge in [0, 0.05) is 5.57 Å². The molecular weight excluding hydrogens is 432 g/mol. The Labute approximate surface area is 201 Å². The Morgan fingerprint density at radius 2 is 1.32 bits per heavy atom. The Balaban J connectivity index is 1.66. The molecule has 0 aromatic heterocycles. The zero-order valence-corrected chi connectivity index (χ0v) is 20.1. The predicted molar refractivity (Wildman–Crippen MR) is 132 cm³/mol. The van der Waals surface area contributed by atoms with Crippen LogP contribution in [0.25, 0.3) is 0 Å². The van der Waals surface area contributed by atoms with Crippen molar-refractivity contribution in [2.45, 2.75) is 52.4 Å². The van der Waals surface area contributed by atoms with Gasteiger partial charge in [-0.2, -0.15) is 10.2 Å². The van der Waals surface area contributed by atoms with Crippen molar-refractivity contribution in [2.24, 2.45) is 10.2 Å². The number of esters is 2. The minimum absolute atomic E-state index is 0.323. The second-order valence-electron chi connectivity index (χ2n) is 7.91. The molecule has 0 amide bonds. The maximum Gasteiger partial charge on any atom is 0.338 e. The van der Waals surface area contributed by atoms with Gasteiger partial charge < -0.3 is 14.2 Å². The van der Waals surface area contributed by atoms with Crippen molar-refractivity contribution in [2.75, 3.05) is 19.8 Å². The molecule has 0 aliphatic carbocycles. The van der Waals surface area contributed by atoms with Crippen molar-refractivity contribution < 1.29 is 23.8 Å². The van der Waals surface area contributed by atoms with E-state index >= 15 is 0 Å². The molecule has 0 bridgehead atoms. The van der Waals surface area contributed by atoms with E-state index in [0.29, 0.717) is 42.3 Å². The van der Waals surface area contributed by atoms with Crippen LogP contribution < -0.4 is 4.74 Å². The van der Waals surface area contributed by atoms with Crippen LogP contribution in [0.15, 0.2) is 70.9 Å². The summed E-state index contributed by atoms with van der Waals surface area (Å²) in [5, 5.41) is 8.44. The summed E-state index contributed by atoms with van der Waals surface area (Å²) in [7, 11) is 0. The molecule has 34 heavy (non-hydrogen) atoms. The molecule has 7 heteroatoms. The third kappa shape index (κ3) is 10.4. The topological polar surface area (TPSA) is 86.5 Å². The lowest BCUT2D eigenvalue weighted by atomic mass is 10.2. The van der Waals surface area contributed by atoms with E-state index < -0.39 is 0 Å². The highest BCUT2D eigenvalue weighted by Gasteiger charge is 2.06. The van der Waals surface area contributed by atoms with E-state index in [-0.39, 0.29) is 11.9 Å². The summed E-state index contributed by atoms with van der Waals surface area (Å²) in [6.45, 7) is 8.74. The number of azo groups is 1. The lowest BCUT2D eigenvalue weighted by molar-refractivity contribution is -0.139. The molecule has 2 aromatic rings. The molecule has 0 saturated heterocycles. The third-order valence-corrected chi connectivity index (χ3v) is 4.84. The highest BCUT2D eigenvalue weighted by Crippen LogP contribution is 2.22. The SMILES string of the molecule is C=C(C)C(=O)OCCCCCCOc1ccc(N=Nc2ccc(C(=O)OCCCC)cc2)cc1. The molecule has 0 aliphatic rings. The Morgan fingerprint density at radius 1 is 0.765 bits per heavy atom. The summed E-state index contributed by atoms with van der Waals surface area (Å²) < 4.78 is 16.0. The Bertz CT molecular complexity index is 936. The number of nitrogens with zero attached hydrogens (tertiary/aromatic N) is 2. The summed E-state index contributed by atoms with van der Waals surface area (Å²) >= 11 is 0. The summed E-state index contributed by atoms with van der Waals surface area (Å²) in [6, 6.07) is 14.3. The van der Waals surface area contributed by atoms with Crippen molar-refractivity contribution in [3.63, 3.8) is 0 Å². The average Bonchev–Trinajstić information content (AvgIpc) is 2.85. The Kier molecular flexibility index (Phi) is 12.1. The summed E-state index contributed by atoms with van der Waals surface area (Å²) in [5.74, 6) is 0.126. The van der Waals surface area contributed by atoms with E-state index in [4.69, 9.17) is 14.2 Å². The molecule has 182 valence electrons. The van der Waals surface area contributed by atoms with Gasteiger partial charge in [0.05, 0.1) is 36.8 Å². The van der Waals surface area contributed by atoms with Crippen molar-refractivity contribution >= 4 is 23.3 Å². The molecule has 0 fully saturated rings. The molecule has 7 nitrogen and oxygen atoms in total. The highest BCUT2D eigenvalue weighted by atomic mass is 16.5. The van der Waals surface area contributed by atoms with Crippen molar-refractivity contribution in [1.82, 2.24) is 0 Å². The number of hydrogen-bond acceptors (Lipinski definition) is 7. The minimum Gasteiger partial charge on any atom is -0.494 e. The Hall–Kier alpha value is -3.48. The van der Waals surface area contributed by atoms with Gasteiger partial charge in [-0.25, -0.2) is 9.59 Å². The Morgan fingerprint density at radius 3 is 1.91 bits per heavy atom. The zero-order chi connectivity index (χ0) is 24.6. The first-order valence-electron chi connectivity index (χ1n) is 11.7. The summed E-state index contributed by atoms with van der Waals surface area (Å²) in [4.78, 5) is 23.2. The normalized spacial score (nSPS) is 10.8. The standard InChI is InChI=1S/C27H34N2O5/c1-4-5-18-34-27(31)22-10-12-23(13-11-22)28-29-24-14-16-25(17-15-24)32-19-8-6-7-9-20-33-26(30)21(2)3/h10-17H,2,4-9,18-20H2,1,3H3. The van der Waals surface area contributed by atoms with Gasteiger partial charge in [0.15, 0.2) is 0 Å². The van der Waals surface area contributed by atoms with Crippen LogP contribution in [0.2, 0.25) is 0 Å². The van der Waals surface area contributed by atoms with Crippen molar-refractivity contribution in [3.8, 4) is 5.75 Å². The number of hydrogen-bond donors (Lipinski definition) is 0. The zero-order valence-electron chi connectivity index (χ0n) is 20.1. The van der Waals surface area contributed by atoms with Crippen molar-refractivity contribution in [1.29, 1.82) is 0 Å². The molecule has 0 unspecified atom stereocenters. The van der Waals surface area contributed by atoms with E-state index in [9.17, 15) is 9.59 Å². The molecule has 0 radical (unpaired) electrons. The fourth-order valence-corrected chi connectivity index (χ4v) is 2.82. The maximum absolute atomic E-state index is 11.9. The molecule has 0 N–H and O–H groups in total. The monoisotopic (exact) mass is 466 g/mol. The first kappa shape index (κ1) is 26.8. The average molecular weight is 467 g/mol. The van der Waals surface area contributed by atoms with Gasteiger partial charge in [0.25, 0.3) is 0 Å². The quantitative estimate of drug-likeness (QED) is 0.121. The van der Waals surface area contributed by atoms with Gasteiger partial charge in [-0.1, -0.05) is 19.9 Å². The second kappa shape index (κ2) is 15.4. The number of ether oxygens (including phenoxy) is 3. The molecule has 0 aliphatic heterocycles. The second-order valence-corrected chi connectivity index (χ2v) is 7.91. The van der Waals surface area contributed by atoms with E-state index in [1.54, 1.807) is 31.2 Å². The molecule has 2 rings (SSSR count). The largest absolute Gasteiger partial charge is 0.494 e. The number of carbonyl (C=O) groups is 2. The lowest BCUT2D eigenvalue weighted by Crippen LogP contribution is -2.06. The molecule has 0 spiro atoms. The predicted octanol–water partition coefficient (Wildman–Crippen LogP) is 7.12. The summed E-state index contributed by atoms with van der Waals surface area (Å²) in [6.07, 6.45) is 5.59. The third-order valence-electron chi connectivity index (χ3n) is 4.84. The van der Waals surface area contributed by atoms with Crippen LogP contribution >= 0.6 is 0 Å².